The van der Waals surface area contributed by atoms with E-state index in [1.54, 1.807) is 0 Å². The van der Waals surface area contributed by atoms with Crippen molar-refractivity contribution >= 4 is 22.4 Å². The van der Waals surface area contributed by atoms with E-state index in [9.17, 15) is 4.79 Å². The minimum Gasteiger partial charge on any atom is -0.317 e. The van der Waals surface area contributed by atoms with Crippen LogP contribution in [0.1, 0.15) is 16.1 Å². The number of rotatable bonds is 2. The third-order valence-corrected chi connectivity index (χ3v) is 3.57. The Kier molecular flexibility index (Phi) is 3.40. The van der Waals surface area contributed by atoms with Crippen molar-refractivity contribution in [1.29, 1.82) is 0 Å². The van der Waals surface area contributed by atoms with Gasteiger partial charge < -0.3 is 5.32 Å². The molecular formula is C18H17N2O+. The van der Waals surface area contributed by atoms with Gasteiger partial charge in [0.1, 0.15) is 7.05 Å². The molecule has 0 fully saturated rings. The molecule has 1 aromatic heterocycles. The molecule has 3 nitrogen and oxygen atoms in total. The Hall–Kier alpha value is -2.68. The van der Waals surface area contributed by atoms with Crippen LogP contribution in [0.4, 0.5) is 5.69 Å². The lowest BCUT2D eigenvalue weighted by atomic mass is 10.1. The summed E-state index contributed by atoms with van der Waals surface area (Å²) in [5.74, 6) is -0.0989. The topological polar surface area (TPSA) is 33.0 Å². The van der Waals surface area contributed by atoms with Crippen LogP contribution in [0.25, 0.3) is 10.8 Å². The predicted octanol–water partition coefficient (Wildman–Crippen LogP) is 3.23. The summed E-state index contributed by atoms with van der Waals surface area (Å²) in [5.41, 5.74) is 2.64. The van der Waals surface area contributed by atoms with Gasteiger partial charge in [0.2, 0.25) is 0 Å². The van der Waals surface area contributed by atoms with Crippen LogP contribution < -0.4 is 9.88 Å². The van der Waals surface area contributed by atoms with Gasteiger partial charge in [0.05, 0.1) is 5.39 Å². The molecule has 3 heteroatoms. The molecule has 21 heavy (non-hydrogen) atoms. The molecular weight excluding hydrogens is 260 g/mol. The van der Waals surface area contributed by atoms with Crippen molar-refractivity contribution in [2.75, 3.05) is 5.32 Å². The van der Waals surface area contributed by atoms with Gasteiger partial charge >= 0.3 is 5.91 Å². The van der Waals surface area contributed by atoms with E-state index in [0.717, 1.165) is 16.5 Å². The summed E-state index contributed by atoms with van der Waals surface area (Å²) in [5, 5.41) is 4.97. The van der Waals surface area contributed by atoms with E-state index in [1.807, 2.05) is 79.3 Å². The quantitative estimate of drug-likeness (QED) is 0.717. The fraction of sp³-hybridized carbons (Fsp3) is 0.111. The molecule has 0 aliphatic rings. The highest BCUT2D eigenvalue weighted by molar-refractivity contribution is 6.10. The van der Waals surface area contributed by atoms with E-state index in [4.69, 9.17) is 0 Å². The van der Waals surface area contributed by atoms with E-state index in [2.05, 4.69) is 5.32 Å². The molecule has 104 valence electrons. The van der Waals surface area contributed by atoms with Crippen LogP contribution in [0.15, 0.2) is 60.8 Å². The van der Waals surface area contributed by atoms with E-state index in [-0.39, 0.29) is 5.91 Å². The van der Waals surface area contributed by atoms with Crippen molar-refractivity contribution in [2.24, 2.45) is 7.05 Å². The Morgan fingerprint density at radius 1 is 1.00 bits per heavy atom. The highest BCUT2D eigenvalue weighted by Crippen LogP contribution is 2.17. The maximum absolute atomic E-state index is 12.6. The smallest absolute Gasteiger partial charge is 0.317 e. The van der Waals surface area contributed by atoms with E-state index >= 15 is 0 Å². The maximum Gasteiger partial charge on any atom is 0.321 e. The standard InChI is InChI=1S/C18H16N2O/c1-13-7-9-15(10-8-13)19-18(21)17-16-6-4-3-5-14(16)11-12-20(17)2/h3-12H,1-2H3/p+1. The van der Waals surface area contributed by atoms with Crippen molar-refractivity contribution in [3.05, 3.63) is 72.1 Å². The first kappa shape index (κ1) is 13.3. The fourth-order valence-corrected chi connectivity index (χ4v) is 2.42. The zero-order valence-corrected chi connectivity index (χ0v) is 12.1. The molecule has 0 saturated carbocycles. The molecule has 2 aromatic carbocycles. The molecule has 0 aliphatic carbocycles. The van der Waals surface area contributed by atoms with Gasteiger partial charge in [-0.3, -0.25) is 4.79 Å². The molecule has 1 amide bonds. The summed E-state index contributed by atoms with van der Waals surface area (Å²) in [4.78, 5) is 12.6. The van der Waals surface area contributed by atoms with Gasteiger partial charge in [-0.25, -0.2) is 0 Å². The normalized spacial score (nSPS) is 10.6. The van der Waals surface area contributed by atoms with Crippen LogP contribution in [0.3, 0.4) is 0 Å². The number of hydrogen-bond acceptors (Lipinski definition) is 1. The average Bonchev–Trinajstić information content (AvgIpc) is 2.49. The molecule has 0 bridgehead atoms. The van der Waals surface area contributed by atoms with Crippen LogP contribution in [0.5, 0.6) is 0 Å². The Bertz CT molecular complexity index is 807. The third kappa shape index (κ3) is 2.63. The van der Waals surface area contributed by atoms with Crippen molar-refractivity contribution in [3.8, 4) is 0 Å². The van der Waals surface area contributed by atoms with E-state index in [1.165, 1.54) is 5.56 Å². The van der Waals surface area contributed by atoms with Crippen LogP contribution in [-0.4, -0.2) is 5.91 Å². The summed E-state index contributed by atoms with van der Waals surface area (Å²) in [7, 11) is 1.89. The van der Waals surface area contributed by atoms with Crippen molar-refractivity contribution in [2.45, 2.75) is 6.92 Å². The van der Waals surface area contributed by atoms with Gasteiger partial charge in [0.15, 0.2) is 6.20 Å². The molecule has 1 N–H and O–H groups in total. The number of nitrogens with one attached hydrogen (secondary N) is 1. The maximum atomic E-state index is 12.6. The van der Waals surface area contributed by atoms with Crippen LogP contribution >= 0.6 is 0 Å². The number of aromatic nitrogens is 1. The van der Waals surface area contributed by atoms with Gasteiger partial charge in [-0.2, -0.15) is 4.57 Å². The largest absolute Gasteiger partial charge is 0.321 e. The van der Waals surface area contributed by atoms with Crippen molar-refractivity contribution < 1.29 is 9.36 Å². The minimum atomic E-state index is -0.0989. The molecule has 3 aromatic rings. The van der Waals surface area contributed by atoms with Crippen LogP contribution in [0.2, 0.25) is 0 Å². The highest BCUT2D eigenvalue weighted by Gasteiger charge is 2.20. The highest BCUT2D eigenvalue weighted by atomic mass is 16.1. The lowest BCUT2D eigenvalue weighted by Crippen LogP contribution is -2.38. The number of fused-ring (bicyclic) bond motifs is 1. The van der Waals surface area contributed by atoms with Gasteiger partial charge in [-0.1, -0.05) is 35.9 Å². The number of anilines is 1. The van der Waals surface area contributed by atoms with E-state index in [0.29, 0.717) is 5.69 Å². The first-order valence-electron chi connectivity index (χ1n) is 6.90. The second kappa shape index (κ2) is 5.37. The summed E-state index contributed by atoms with van der Waals surface area (Å²) in [6.45, 7) is 2.02. The second-order valence-electron chi connectivity index (χ2n) is 5.18. The summed E-state index contributed by atoms with van der Waals surface area (Å²) >= 11 is 0. The van der Waals surface area contributed by atoms with Crippen molar-refractivity contribution in [3.63, 3.8) is 0 Å². The third-order valence-electron chi connectivity index (χ3n) is 3.57. The first-order chi connectivity index (χ1) is 10.1. The second-order valence-corrected chi connectivity index (χ2v) is 5.18. The molecule has 3 rings (SSSR count). The molecule has 1 heterocycles. The average molecular weight is 277 g/mol. The van der Waals surface area contributed by atoms with Crippen LogP contribution in [-0.2, 0) is 7.05 Å². The zero-order chi connectivity index (χ0) is 14.8. The number of carbonyl (C=O) groups is 1. The first-order valence-corrected chi connectivity index (χ1v) is 6.90. The van der Waals surface area contributed by atoms with Gasteiger partial charge in [-0.15, -0.1) is 0 Å². The molecule has 0 spiro atoms. The predicted molar refractivity (Wildman–Crippen MR) is 84.3 cm³/mol. The minimum absolute atomic E-state index is 0.0989. The number of nitrogens with zero attached hydrogens (tertiary/aromatic N) is 1. The monoisotopic (exact) mass is 277 g/mol. The van der Waals surface area contributed by atoms with Crippen molar-refractivity contribution in [1.82, 2.24) is 0 Å². The van der Waals surface area contributed by atoms with Crippen LogP contribution in [0, 0.1) is 6.92 Å². The molecule has 0 atom stereocenters. The SMILES string of the molecule is Cc1ccc(NC(=O)c2c3ccccc3cc[n+]2C)cc1. The fourth-order valence-electron chi connectivity index (χ4n) is 2.42. The van der Waals surface area contributed by atoms with Gasteiger partial charge in [-0.05, 0) is 30.5 Å². The zero-order valence-electron chi connectivity index (χ0n) is 12.1. The molecule has 0 unspecified atom stereocenters. The number of pyridine rings is 1. The summed E-state index contributed by atoms with van der Waals surface area (Å²) < 4.78 is 1.85. The number of amides is 1. The molecule has 0 aliphatic heterocycles. The van der Waals surface area contributed by atoms with Gasteiger partial charge in [0.25, 0.3) is 5.69 Å². The lowest BCUT2D eigenvalue weighted by molar-refractivity contribution is -0.671. The summed E-state index contributed by atoms with van der Waals surface area (Å²) in [6.07, 6.45) is 1.91. The Labute approximate surface area is 123 Å². The number of hydrogen-bond donors (Lipinski definition) is 1. The van der Waals surface area contributed by atoms with E-state index < -0.39 is 0 Å². The number of carbonyl (C=O) groups excluding carboxylic acids is 1. The Balaban J connectivity index is 2.01. The van der Waals surface area contributed by atoms with Gasteiger partial charge in [0, 0.05) is 11.8 Å². The molecule has 0 saturated heterocycles. The Morgan fingerprint density at radius 2 is 1.71 bits per heavy atom. The summed E-state index contributed by atoms with van der Waals surface area (Å²) in [6, 6.07) is 17.7. The molecule has 0 radical (unpaired) electrons. The number of aryl methyl sites for hydroxylation is 2. The Morgan fingerprint density at radius 3 is 2.48 bits per heavy atom. The number of benzene rings is 2. The lowest BCUT2D eigenvalue weighted by Gasteiger charge is -2.06.